The lowest BCUT2D eigenvalue weighted by Crippen LogP contribution is -2.39. The highest BCUT2D eigenvalue weighted by atomic mass is 16.6. The standard InChI is InChI=1S/C16H23NO4/c1-4-11(2)17(10-16(18)19)12(3)13-5-6-14-15(9-13)21-8-7-20-14/h5-6,9,11-12H,4,7-8,10H2,1-3H3,(H,18,19). The number of aliphatic carboxylic acids is 1. The van der Waals surface area contributed by atoms with Crippen molar-refractivity contribution in [2.75, 3.05) is 19.8 Å². The van der Waals surface area contributed by atoms with Crippen molar-refractivity contribution >= 4 is 5.97 Å². The third-order valence-electron chi connectivity index (χ3n) is 4.02. The lowest BCUT2D eigenvalue weighted by molar-refractivity contribution is -0.139. The SMILES string of the molecule is CCC(C)N(CC(=O)O)C(C)c1ccc2c(c1)OCCO2. The molecule has 1 heterocycles. The molecule has 0 saturated heterocycles. The predicted octanol–water partition coefficient (Wildman–Crippen LogP) is 2.70. The third kappa shape index (κ3) is 3.67. The summed E-state index contributed by atoms with van der Waals surface area (Å²) in [6.07, 6.45) is 0.905. The topological polar surface area (TPSA) is 59.0 Å². The first-order chi connectivity index (χ1) is 10.0. The molecular formula is C16H23NO4. The van der Waals surface area contributed by atoms with E-state index in [1.54, 1.807) is 0 Å². The Morgan fingerprint density at radius 1 is 1.29 bits per heavy atom. The van der Waals surface area contributed by atoms with Gasteiger partial charge in [0.05, 0.1) is 6.54 Å². The molecule has 0 saturated carbocycles. The van der Waals surface area contributed by atoms with Crippen molar-refractivity contribution in [2.45, 2.75) is 39.3 Å². The van der Waals surface area contributed by atoms with Gasteiger partial charge >= 0.3 is 5.97 Å². The fourth-order valence-corrected chi connectivity index (χ4v) is 2.58. The molecule has 1 aliphatic heterocycles. The van der Waals surface area contributed by atoms with E-state index in [-0.39, 0.29) is 18.6 Å². The summed E-state index contributed by atoms with van der Waals surface area (Å²) in [7, 11) is 0. The highest BCUT2D eigenvalue weighted by Crippen LogP contribution is 2.34. The van der Waals surface area contributed by atoms with E-state index in [4.69, 9.17) is 14.6 Å². The van der Waals surface area contributed by atoms with Crippen LogP contribution in [0.15, 0.2) is 18.2 Å². The van der Waals surface area contributed by atoms with E-state index in [1.165, 1.54) is 0 Å². The van der Waals surface area contributed by atoms with E-state index in [0.717, 1.165) is 23.5 Å². The van der Waals surface area contributed by atoms with Crippen LogP contribution in [0.25, 0.3) is 0 Å². The number of hydrogen-bond acceptors (Lipinski definition) is 4. The van der Waals surface area contributed by atoms with E-state index >= 15 is 0 Å². The Balaban J connectivity index is 2.23. The second kappa shape index (κ2) is 6.80. The first-order valence-electron chi connectivity index (χ1n) is 7.40. The van der Waals surface area contributed by atoms with Crippen LogP contribution in [0, 0.1) is 0 Å². The summed E-state index contributed by atoms with van der Waals surface area (Å²) >= 11 is 0. The average molecular weight is 293 g/mol. The molecule has 21 heavy (non-hydrogen) atoms. The maximum atomic E-state index is 11.1. The van der Waals surface area contributed by atoms with Crippen molar-refractivity contribution in [1.29, 1.82) is 0 Å². The summed E-state index contributed by atoms with van der Waals surface area (Å²) < 4.78 is 11.1. The van der Waals surface area contributed by atoms with E-state index in [1.807, 2.05) is 30.0 Å². The van der Waals surface area contributed by atoms with Crippen molar-refractivity contribution in [3.8, 4) is 11.5 Å². The zero-order valence-corrected chi connectivity index (χ0v) is 12.8. The van der Waals surface area contributed by atoms with Crippen molar-refractivity contribution < 1.29 is 19.4 Å². The normalized spacial score (nSPS) is 16.6. The summed E-state index contributed by atoms with van der Waals surface area (Å²) in [5.74, 6) is 0.690. The van der Waals surface area contributed by atoms with Crippen molar-refractivity contribution in [3.63, 3.8) is 0 Å². The summed E-state index contributed by atoms with van der Waals surface area (Å²) in [6.45, 7) is 7.30. The van der Waals surface area contributed by atoms with Gasteiger partial charge in [-0.25, -0.2) is 0 Å². The fraction of sp³-hybridized carbons (Fsp3) is 0.562. The number of nitrogens with zero attached hydrogens (tertiary/aromatic N) is 1. The minimum Gasteiger partial charge on any atom is -0.486 e. The number of benzene rings is 1. The second-order valence-corrected chi connectivity index (χ2v) is 5.40. The molecule has 0 bridgehead atoms. The maximum absolute atomic E-state index is 11.1. The van der Waals surface area contributed by atoms with Crippen LogP contribution in [0.4, 0.5) is 0 Å². The molecular weight excluding hydrogens is 270 g/mol. The molecule has 0 spiro atoms. The third-order valence-corrected chi connectivity index (χ3v) is 4.02. The maximum Gasteiger partial charge on any atom is 0.317 e. The quantitative estimate of drug-likeness (QED) is 0.874. The molecule has 0 amide bonds. The number of carboxylic acids is 1. The molecule has 1 aliphatic rings. The molecule has 0 aromatic heterocycles. The van der Waals surface area contributed by atoms with Crippen LogP contribution in [0.1, 0.15) is 38.8 Å². The fourth-order valence-electron chi connectivity index (χ4n) is 2.58. The van der Waals surface area contributed by atoms with Crippen LogP contribution < -0.4 is 9.47 Å². The van der Waals surface area contributed by atoms with Gasteiger partial charge in [-0.3, -0.25) is 9.69 Å². The Kier molecular flexibility index (Phi) is 5.07. The molecule has 1 N–H and O–H groups in total. The molecule has 0 fully saturated rings. The molecule has 2 atom stereocenters. The van der Waals surface area contributed by atoms with Crippen LogP contribution in [-0.2, 0) is 4.79 Å². The second-order valence-electron chi connectivity index (χ2n) is 5.40. The van der Waals surface area contributed by atoms with Gasteiger partial charge in [-0.2, -0.15) is 0 Å². The Hall–Kier alpha value is -1.75. The first kappa shape index (κ1) is 15.6. The van der Waals surface area contributed by atoms with Crippen LogP contribution in [0.5, 0.6) is 11.5 Å². The van der Waals surface area contributed by atoms with Crippen molar-refractivity contribution in [3.05, 3.63) is 23.8 Å². The average Bonchev–Trinajstić information content (AvgIpc) is 2.50. The smallest absolute Gasteiger partial charge is 0.317 e. The van der Waals surface area contributed by atoms with Gasteiger partial charge in [0.25, 0.3) is 0 Å². The van der Waals surface area contributed by atoms with E-state index < -0.39 is 5.97 Å². The summed E-state index contributed by atoms with van der Waals surface area (Å²) in [4.78, 5) is 13.1. The molecule has 1 aromatic rings. The molecule has 2 unspecified atom stereocenters. The van der Waals surface area contributed by atoms with Gasteiger partial charge in [-0.15, -0.1) is 0 Å². The minimum atomic E-state index is -0.806. The van der Waals surface area contributed by atoms with Crippen LogP contribution in [0.3, 0.4) is 0 Å². The van der Waals surface area contributed by atoms with Crippen LogP contribution in [0.2, 0.25) is 0 Å². The number of hydrogen-bond donors (Lipinski definition) is 1. The van der Waals surface area contributed by atoms with Crippen molar-refractivity contribution in [2.24, 2.45) is 0 Å². The number of fused-ring (bicyclic) bond motifs is 1. The molecule has 5 nitrogen and oxygen atoms in total. The first-order valence-corrected chi connectivity index (χ1v) is 7.40. The van der Waals surface area contributed by atoms with Gasteiger partial charge in [-0.1, -0.05) is 13.0 Å². The van der Waals surface area contributed by atoms with Gasteiger partial charge in [0, 0.05) is 12.1 Å². The Morgan fingerprint density at radius 2 is 1.95 bits per heavy atom. The van der Waals surface area contributed by atoms with E-state index in [0.29, 0.717) is 13.2 Å². The summed E-state index contributed by atoms with van der Waals surface area (Å²) in [5, 5.41) is 9.13. The zero-order chi connectivity index (χ0) is 15.4. The summed E-state index contributed by atoms with van der Waals surface area (Å²) in [6, 6.07) is 6.04. The van der Waals surface area contributed by atoms with E-state index in [9.17, 15) is 4.79 Å². The van der Waals surface area contributed by atoms with E-state index in [2.05, 4.69) is 13.8 Å². The molecule has 1 aromatic carbocycles. The lowest BCUT2D eigenvalue weighted by atomic mass is 10.0. The van der Waals surface area contributed by atoms with Crippen LogP contribution >= 0.6 is 0 Å². The van der Waals surface area contributed by atoms with Crippen molar-refractivity contribution in [1.82, 2.24) is 4.90 Å². The Labute approximate surface area is 125 Å². The number of carbonyl (C=O) groups is 1. The highest BCUT2D eigenvalue weighted by molar-refractivity contribution is 5.69. The molecule has 116 valence electrons. The molecule has 5 heteroatoms. The molecule has 2 rings (SSSR count). The zero-order valence-electron chi connectivity index (χ0n) is 12.8. The summed E-state index contributed by atoms with van der Waals surface area (Å²) in [5.41, 5.74) is 1.04. The van der Waals surface area contributed by atoms with Crippen LogP contribution in [-0.4, -0.2) is 41.8 Å². The Morgan fingerprint density at radius 3 is 2.57 bits per heavy atom. The predicted molar refractivity (Wildman–Crippen MR) is 79.9 cm³/mol. The number of carboxylic acid groups (broad SMARTS) is 1. The monoisotopic (exact) mass is 293 g/mol. The lowest BCUT2D eigenvalue weighted by Gasteiger charge is -2.33. The largest absolute Gasteiger partial charge is 0.486 e. The van der Waals surface area contributed by atoms with Gasteiger partial charge in [0.1, 0.15) is 13.2 Å². The molecule has 0 radical (unpaired) electrons. The Bertz CT molecular complexity index is 503. The number of rotatable bonds is 6. The number of ether oxygens (including phenoxy) is 2. The van der Waals surface area contributed by atoms with Gasteiger partial charge in [-0.05, 0) is 38.0 Å². The highest BCUT2D eigenvalue weighted by Gasteiger charge is 2.24. The minimum absolute atomic E-state index is 0.00637. The van der Waals surface area contributed by atoms with Gasteiger partial charge in [0.15, 0.2) is 11.5 Å². The van der Waals surface area contributed by atoms with Gasteiger partial charge < -0.3 is 14.6 Å². The molecule has 0 aliphatic carbocycles. The van der Waals surface area contributed by atoms with Gasteiger partial charge in [0.2, 0.25) is 0 Å².